The molecule has 3 nitrogen and oxygen atoms in total. The van der Waals surface area contributed by atoms with E-state index in [0.29, 0.717) is 18.8 Å². The van der Waals surface area contributed by atoms with Gasteiger partial charge >= 0.3 is 5.97 Å². The van der Waals surface area contributed by atoms with Crippen LogP contribution in [0.4, 0.5) is 0 Å². The van der Waals surface area contributed by atoms with Gasteiger partial charge in [0, 0.05) is 6.42 Å². The fourth-order valence-corrected chi connectivity index (χ4v) is 3.34. The van der Waals surface area contributed by atoms with Crippen LogP contribution in [0.2, 0.25) is 0 Å². The van der Waals surface area contributed by atoms with E-state index in [9.17, 15) is 5.11 Å². The smallest absolute Gasteiger partial charge is 0.324 e. The molecule has 0 spiro atoms. The van der Waals surface area contributed by atoms with E-state index in [1.165, 1.54) is 43.2 Å². The lowest BCUT2D eigenvalue weighted by molar-refractivity contribution is -0.323. The summed E-state index contributed by atoms with van der Waals surface area (Å²) in [4.78, 5) is 0. The first kappa shape index (κ1) is 22.4. The van der Waals surface area contributed by atoms with Gasteiger partial charge in [-0.3, -0.25) is 0 Å². The highest BCUT2D eigenvalue weighted by Gasteiger charge is 2.30. The van der Waals surface area contributed by atoms with Gasteiger partial charge in [0.05, 0.1) is 6.61 Å². The predicted molar refractivity (Wildman–Crippen MR) is 115 cm³/mol. The zero-order valence-corrected chi connectivity index (χ0v) is 17.5. The minimum Gasteiger partial charge on any atom is -0.439 e. The van der Waals surface area contributed by atoms with Gasteiger partial charge in [-0.1, -0.05) is 87.9 Å². The molecule has 0 bridgehead atoms. The predicted octanol–water partition coefficient (Wildman–Crippen LogP) is 6.42. The second kappa shape index (κ2) is 12.6. The van der Waals surface area contributed by atoms with Crippen LogP contribution in [-0.2, 0) is 11.2 Å². The van der Waals surface area contributed by atoms with E-state index in [0.717, 1.165) is 19.3 Å². The summed E-state index contributed by atoms with van der Waals surface area (Å²) in [5.74, 6) is -0.947. The molecule has 3 heteroatoms. The Morgan fingerprint density at radius 3 is 2.18 bits per heavy atom. The van der Waals surface area contributed by atoms with E-state index in [4.69, 9.17) is 9.47 Å². The Morgan fingerprint density at radius 2 is 1.46 bits per heavy atom. The number of benzene rings is 2. The number of hydrogen-bond acceptors (Lipinski definition) is 3. The second-order valence-electron chi connectivity index (χ2n) is 7.52. The van der Waals surface area contributed by atoms with Crippen LogP contribution in [-0.4, -0.2) is 17.7 Å². The molecule has 0 aliphatic rings. The standard InChI is InChI=1S/C25H36O3/c1-3-4-5-6-7-8-14-20-25(26,28-24-17-10-9-11-18-24)27-21-19-23-16-13-12-15-22(23)2/h9-13,15-18,26H,3-8,14,19-21H2,1-2H3. The molecule has 154 valence electrons. The number of aliphatic hydroxyl groups is 1. The third kappa shape index (κ3) is 8.45. The first-order valence-electron chi connectivity index (χ1n) is 10.8. The molecule has 0 heterocycles. The normalized spacial score (nSPS) is 13.2. The average Bonchev–Trinajstić information content (AvgIpc) is 2.69. The molecule has 1 atom stereocenters. The minimum absolute atomic E-state index is 0.421. The monoisotopic (exact) mass is 384 g/mol. The molecular weight excluding hydrogens is 348 g/mol. The SMILES string of the molecule is CCCCCCCCCC(O)(OCCc1ccccc1C)Oc1ccccc1. The molecule has 1 unspecified atom stereocenters. The number of hydrogen-bond donors (Lipinski definition) is 1. The fourth-order valence-electron chi connectivity index (χ4n) is 3.34. The van der Waals surface area contributed by atoms with Crippen molar-refractivity contribution in [2.75, 3.05) is 6.61 Å². The lowest BCUT2D eigenvalue weighted by Gasteiger charge is -2.29. The van der Waals surface area contributed by atoms with Crippen molar-refractivity contribution in [1.82, 2.24) is 0 Å². The number of ether oxygens (including phenoxy) is 2. The molecule has 0 saturated carbocycles. The van der Waals surface area contributed by atoms with Crippen LogP contribution in [0.5, 0.6) is 5.75 Å². The zero-order valence-electron chi connectivity index (χ0n) is 17.5. The van der Waals surface area contributed by atoms with E-state index in [-0.39, 0.29) is 0 Å². The molecule has 2 aromatic carbocycles. The molecule has 0 aliphatic carbocycles. The van der Waals surface area contributed by atoms with Gasteiger partial charge in [0.15, 0.2) is 0 Å². The van der Waals surface area contributed by atoms with Crippen molar-refractivity contribution in [2.24, 2.45) is 0 Å². The van der Waals surface area contributed by atoms with Crippen molar-refractivity contribution >= 4 is 0 Å². The number of unbranched alkanes of at least 4 members (excludes halogenated alkanes) is 6. The Labute approximate surface area is 170 Å². The van der Waals surface area contributed by atoms with Crippen LogP contribution in [0, 0.1) is 6.92 Å². The van der Waals surface area contributed by atoms with Crippen molar-refractivity contribution < 1.29 is 14.6 Å². The summed E-state index contributed by atoms with van der Waals surface area (Å²) in [5.41, 5.74) is 2.48. The molecule has 2 aromatic rings. The van der Waals surface area contributed by atoms with Gasteiger partial charge < -0.3 is 14.6 Å². The second-order valence-corrected chi connectivity index (χ2v) is 7.52. The highest BCUT2D eigenvalue weighted by molar-refractivity contribution is 5.25. The molecular formula is C25H36O3. The third-order valence-electron chi connectivity index (χ3n) is 5.08. The van der Waals surface area contributed by atoms with Crippen LogP contribution in [0.15, 0.2) is 54.6 Å². The number of rotatable bonds is 14. The van der Waals surface area contributed by atoms with E-state index in [1.807, 2.05) is 42.5 Å². The maximum atomic E-state index is 11.0. The van der Waals surface area contributed by atoms with E-state index < -0.39 is 5.97 Å². The Balaban J connectivity index is 1.85. The maximum Gasteiger partial charge on any atom is 0.324 e. The Kier molecular flexibility index (Phi) is 10.1. The molecule has 0 amide bonds. The Hall–Kier alpha value is -1.84. The van der Waals surface area contributed by atoms with Gasteiger partial charge in [-0.2, -0.15) is 0 Å². The molecule has 0 radical (unpaired) electrons. The molecule has 0 saturated heterocycles. The lowest BCUT2D eigenvalue weighted by Crippen LogP contribution is -2.39. The lowest BCUT2D eigenvalue weighted by atomic mass is 10.1. The Morgan fingerprint density at radius 1 is 0.821 bits per heavy atom. The van der Waals surface area contributed by atoms with Crippen molar-refractivity contribution in [1.29, 1.82) is 0 Å². The summed E-state index contributed by atoms with van der Waals surface area (Å²) >= 11 is 0. The van der Waals surface area contributed by atoms with Crippen LogP contribution in [0.25, 0.3) is 0 Å². The first-order valence-corrected chi connectivity index (χ1v) is 10.8. The average molecular weight is 385 g/mol. The van der Waals surface area contributed by atoms with Gasteiger partial charge in [-0.15, -0.1) is 0 Å². The van der Waals surface area contributed by atoms with Crippen LogP contribution < -0.4 is 4.74 Å². The topological polar surface area (TPSA) is 38.7 Å². The van der Waals surface area contributed by atoms with Crippen LogP contribution in [0.3, 0.4) is 0 Å². The van der Waals surface area contributed by atoms with E-state index in [1.54, 1.807) is 0 Å². The number of aryl methyl sites for hydroxylation is 1. The van der Waals surface area contributed by atoms with Crippen LogP contribution in [0.1, 0.15) is 69.4 Å². The summed E-state index contributed by atoms with van der Waals surface area (Å²) in [7, 11) is 0. The molecule has 28 heavy (non-hydrogen) atoms. The molecule has 2 rings (SSSR count). The van der Waals surface area contributed by atoms with Gasteiger partial charge in [0.2, 0.25) is 0 Å². The first-order chi connectivity index (χ1) is 13.6. The molecule has 0 fully saturated rings. The summed E-state index contributed by atoms with van der Waals surface area (Å²) in [6.07, 6.45) is 9.54. The van der Waals surface area contributed by atoms with E-state index >= 15 is 0 Å². The van der Waals surface area contributed by atoms with Gasteiger partial charge in [0.25, 0.3) is 0 Å². The quantitative estimate of drug-likeness (QED) is 0.302. The van der Waals surface area contributed by atoms with Crippen molar-refractivity contribution in [2.45, 2.75) is 77.6 Å². The number of para-hydroxylation sites is 1. The van der Waals surface area contributed by atoms with Gasteiger partial charge in [-0.25, -0.2) is 0 Å². The summed E-state index contributed by atoms with van der Waals surface area (Å²) in [6, 6.07) is 17.7. The van der Waals surface area contributed by atoms with Crippen molar-refractivity contribution in [3.63, 3.8) is 0 Å². The summed E-state index contributed by atoms with van der Waals surface area (Å²) < 4.78 is 11.7. The fraction of sp³-hybridized carbons (Fsp3) is 0.520. The van der Waals surface area contributed by atoms with Crippen LogP contribution >= 0.6 is 0 Å². The van der Waals surface area contributed by atoms with Crippen molar-refractivity contribution in [3.05, 3.63) is 65.7 Å². The minimum atomic E-state index is -1.58. The summed E-state index contributed by atoms with van der Waals surface area (Å²) in [5, 5.41) is 11.0. The molecule has 0 aliphatic heterocycles. The summed E-state index contributed by atoms with van der Waals surface area (Å²) in [6.45, 7) is 4.75. The molecule has 0 aromatic heterocycles. The molecule has 1 N–H and O–H groups in total. The third-order valence-corrected chi connectivity index (χ3v) is 5.08. The van der Waals surface area contributed by atoms with Crippen molar-refractivity contribution in [3.8, 4) is 5.75 Å². The Bertz CT molecular complexity index is 656. The van der Waals surface area contributed by atoms with Gasteiger partial charge in [-0.05, 0) is 43.0 Å². The highest BCUT2D eigenvalue weighted by atomic mass is 16.8. The zero-order chi connectivity index (χ0) is 20.1. The largest absolute Gasteiger partial charge is 0.439 e. The van der Waals surface area contributed by atoms with Gasteiger partial charge in [0.1, 0.15) is 5.75 Å². The maximum absolute atomic E-state index is 11.0. The highest BCUT2D eigenvalue weighted by Crippen LogP contribution is 2.24. The van der Waals surface area contributed by atoms with E-state index in [2.05, 4.69) is 26.0 Å².